The average molecular weight is 513 g/mol. The van der Waals surface area contributed by atoms with Gasteiger partial charge in [0.25, 0.3) is 0 Å². The number of rotatable bonds is 7. The number of H-pyrrole nitrogens is 1. The van der Waals surface area contributed by atoms with Crippen LogP contribution in [0.1, 0.15) is 24.2 Å². The molecule has 150 valence electrons. The molecule has 0 saturated carbocycles. The van der Waals surface area contributed by atoms with Crippen LogP contribution in [0, 0.1) is 0 Å². The Kier molecular flexibility index (Phi) is 9.08. The Morgan fingerprint density at radius 3 is 2.64 bits per heavy atom. The van der Waals surface area contributed by atoms with Gasteiger partial charge in [-0.1, -0.05) is 41.9 Å². The molecule has 4 N–H and O–H groups in total. The second-order valence-corrected chi connectivity index (χ2v) is 6.76. The van der Waals surface area contributed by atoms with E-state index in [0.717, 1.165) is 30.6 Å². The highest BCUT2D eigenvalue weighted by Crippen LogP contribution is 2.18. The highest BCUT2D eigenvalue weighted by atomic mass is 127. The van der Waals surface area contributed by atoms with Crippen LogP contribution in [0.2, 0.25) is 5.02 Å². The molecule has 0 saturated heterocycles. The molecule has 3 rings (SSSR count). The van der Waals surface area contributed by atoms with Gasteiger partial charge in [0.05, 0.1) is 12.6 Å². The number of para-hydroxylation sites is 1. The minimum absolute atomic E-state index is 0. The third-order valence-electron chi connectivity index (χ3n) is 4.38. The molecule has 0 aliphatic rings. The molecule has 1 aromatic heterocycles. The molecule has 0 aliphatic heterocycles. The van der Waals surface area contributed by atoms with Crippen molar-refractivity contribution in [1.29, 1.82) is 0 Å². The molecule has 7 heteroatoms. The van der Waals surface area contributed by atoms with E-state index < -0.39 is 6.10 Å². The molecule has 0 radical (unpaired) electrons. The van der Waals surface area contributed by atoms with Crippen molar-refractivity contribution in [3.63, 3.8) is 0 Å². The summed E-state index contributed by atoms with van der Waals surface area (Å²) < 4.78 is 0. The molecule has 0 aliphatic carbocycles. The molecular weight excluding hydrogens is 487 g/mol. The summed E-state index contributed by atoms with van der Waals surface area (Å²) in [5.74, 6) is 0.699. The number of aromatic amines is 1. The molecule has 5 nitrogen and oxygen atoms in total. The largest absolute Gasteiger partial charge is 0.386 e. The average Bonchev–Trinajstić information content (AvgIpc) is 3.09. The minimum atomic E-state index is -0.661. The monoisotopic (exact) mass is 512 g/mol. The second-order valence-electron chi connectivity index (χ2n) is 6.32. The Morgan fingerprint density at radius 1 is 1.14 bits per heavy atom. The Hall–Kier alpha value is -1.77. The van der Waals surface area contributed by atoms with Crippen molar-refractivity contribution in [1.82, 2.24) is 15.6 Å². The van der Waals surface area contributed by atoms with Crippen molar-refractivity contribution in [3.8, 4) is 0 Å². The maximum atomic E-state index is 10.3. The zero-order valence-electron chi connectivity index (χ0n) is 15.8. The van der Waals surface area contributed by atoms with Crippen molar-refractivity contribution in [2.75, 3.05) is 19.6 Å². The van der Waals surface area contributed by atoms with Crippen molar-refractivity contribution < 1.29 is 5.11 Å². The van der Waals surface area contributed by atoms with E-state index in [2.05, 4.69) is 45.0 Å². The fraction of sp³-hybridized carbons (Fsp3) is 0.286. The number of benzene rings is 2. The zero-order chi connectivity index (χ0) is 19.1. The highest BCUT2D eigenvalue weighted by molar-refractivity contribution is 14.0. The van der Waals surface area contributed by atoms with Crippen LogP contribution in [-0.4, -0.2) is 35.7 Å². The standard InChI is InChI=1S/C21H25ClN4O.HI/c1-2-23-21(26-14-20(27)15-7-9-17(22)10-8-15)24-12-11-16-13-25-19-6-4-3-5-18(16)19;/h3-10,13,20,25,27H,2,11-12,14H2,1H3,(H2,23,24,26);1H. The lowest BCUT2D eigenvalue weighted by atomic mass is 10.1. The molecule has 28 heavy (non-hydrogen) atoms. The first-order valence-corrected chi connectivity index (χ1v) is 9.56. The molecular formula is C21H26ClIN4O. The van der Waals surface area contributed by atoms with Gasteiger partial charge in [-0.2, -0.15) is 0 Å². The molecule has 1 heterocycles. The number of nitrogens with one attached hydrogen (secondary N) is 3. The number of aliphatic hydroxyl groups is 1. The molecule has 0 amide bonds. The molecule has 2 aromatic carbocycles. The van der Waals surface area contributed by atoms with E-state index in [1.807, 2.05) is 25.1 Å². The van der Waals surface area contributed by atoms with E-state index >= 15 is 0 Å². The van der Waals surface area contributed by atoms with E-state index in [4.69, 9.17) is 11.6 Å². The van der Waals surface area contributed by atoms with Gasteiger partial charge in [0, 0.05) is 35.2 Å². The summed E-state index contributed by atoms with van der Waals surface area (Å²) in [4.78, 5) is 7.79. The lowest BCUT2D eigenvalue weighted by molar-refractivity contribution is 0.187. The molecule has 0 bridgehead atoms. The van der Waals surface area contributed by atoms with Crippen LogP contribution in [0.3, 0.4) is 0 Å². The van der Waals surface area contributed by atoms with E-state index in [1.54, 1.807) is 12.1 Å². The molecule has 0 spiro atoms. The quantitative estimate of drug-likeness (QED) is 0.217. The first-order valence-electron chi connectivity index (χ1n) is 9.18. The summed E-state index contributed by atoms with van der Waals surface area (Å²) in [5.41, 5.74) is 3.23. The Bertz CT molecular complexity index is 895. The predicted molar refractivity (Wildman–Crippen MR) is 128 cm³/mol. The van der Waals surface area contributed by atoms with Gasteiger partial charge in [0.15, 0.2) is 5.96 Å². The summed E-state index contributed by atoms with van der Waals surface area (Å²) in [5, 5.41) is 18.8. The van der Waals surface area contributed by atoms with Crippen LogP contribution in [0.4, 0.5) is 0 Å². The first-order chi connectivity index (χ1) is 13.2. The van der Waals surface area contributed by atoms with Crippen molar-refractivity contribution >= 4 is 52.4 Å². The predicted octanol–water partition coefficient (Wildman–Crippen LogP) is 4.27. The van der Waals surface area contributed by atoms with E-state index in [9.17, 15) is 5.11 Å². The van der Waals surface area contributed by atoms with Crippen LogP contribution in [-0.2, 0) is 6.42 Å². The Balaban J connectivity index is 0.00000280. The van der Waals surface area contributed by atoms with E-state index in [-0.39, 0.29) is 30.5 Å². The lowest BCUT2D eigenvalue weighted by Gasteiger charge is -2.13. The number of hydrogen-bond acceptors (Lipinski definition) is 2. The van der Waals surface area contributed by atoms with E-state index in [0.29, 0.717) is 11.0 Å². The molecule has 1 unspecified atom stereocenters. The van der Waals surface area contributed by atoms with Gasteiger partial charge in [-0.3, -0.25) is 4.99 Å². The van der Waals surface area contributed by atoms with Gasteiger partial charge in [0.1, 0.15) is 0 Å². The first kappa shape index (κ1) is 22.5. The third-order valence-corrected chi connectivity index (χ3v) is 4.64. The smallest absolute Gasteiger partial charge is 0.191 e. The number of aromatic nitrogens is 1. The van der Waals surface area contributed by atoms with Crippen LogP contribution >= 0.6 is 35.6 Å². The number of nitrogens with zero attached hydrogens (tertiary/aromatic N) is 1. The summed E-state index contributed by atoms with van der Waals surface area (Å²) in [6.07, 6.45) is 2.28. The van der Waals surface area contributed by atoms with Crippen LogP contribution < -0.4 is 10.6 Å². The number of aliphatic imine (C=N–C) groups is 1. The number of aliphatic hydroxyl groups excluding tert-OH is 1. The van der Waals surface area contributed by atoms with Crippen molar-refractivity contribution in [3.05, 3.63) is 70.9 Å². The van der Waals surface area contributed by atoms with Crippen molar-refractivity contribution in [2.45, 2.75) is 19.4 Å². The van der Waals surface area contributed by atoms with Gasteiger partial charge in [0.2, 0.25) is 0 Å². The summed E-state index contributed by atoms with van der Waals surface area (Å²) in [6, 6.07) is 15.5. The number of guanidine groups is 1. The number of fused-ring (bicyclic) bond motifs is 1. The van der Waals surface area contributed by atoms with Crippen molar-refractivity contribution in [2.24, 2.45) is 4.99 Å². The van der Waals surface area contributed by atoms with Gasteiger partial charge in [-0.15, -0.1) is 24.0 Å². The zero-order valence-corrected chi connectivity index (χ0v) is 18.9. The third kappa shape index (κ3) is 6.12. The molecule has 3 aromatic rings. The summed E-state index contributed by atoms with van der Waals surface area (Å²) in [7, 11) is 0. The molecule has 1 atom stereocenters. The SMILES string of the molecule is CCNC(=NCC(O)c1ccc(Cl)cc1)NCCc1c[nH]c2ccccc12.I. The lowest BCUT2D eigenvalue weighted by Crippen LogP contribution is -2.38. The van der Waals surface area contributed by atoms with Crippen LogP contribution in [0.25, 0.3) is 10.9 Å². The van der Waals surface area contributed by atoms with Crippen LogP contribution in [0.5, 0.6) is 0 Å². The van der Waals surface area contributed by atoms with Gasteiger partial charge >= 0.3 is 0 Å². The van der Waals surface area contributed by atoms with Gasteiger partial charge < -0.3 is 20.7 Å². The number of halogens is 2. The fourth-order valence-corrected chi connectivity index (χ4v) is 3.09. The highest BCUT2D eigenvalue weighted by Gasteiger charge is 2.08. The Labute approximate surface area is 187 Å². The fourth-order valence-electron chi connectivity index (χ4n) is 2.96. The van der Waals surface area contributed by atoms with Gasteiger partial charge in [-0.25, -0.2) is 0 Å². The summed E-state index contributed by atoms with van der Waals surface area (Å²) >= 11 is 5.89. The summed E-state index contributed by atoms with van der Waals surface area (Å²) in [6.45, 7) is 3.82. The number of hydrogen-bond donors (Lipinski definition) is 4. The molecule has 0 fully saturated rings. The van der Waals surface area contributed by atoms with Crippen LogP contribution in [0.15, 0.2) is 59.7 Å². The Morgan fingerprint density at radius 2 is 1.89 bits per heavy atom. The minimum Gasteiger partial charge on any atom is -0.386 e. The van der Waals surface area contributed by atoms with E-state index in [1.165, 1.54) is 10.9 Å². The normalized spacial score (nSPS) is 12.5. The van der Waals surface area contributed by atoms with Gasteiger partial charge in [-0.05, 0) is 42.7 Å². The maximum Gasteiger partial charge on any atom is 0.191 e. The maximum absolute atomic E-state index is 10.3. The topological polar surface area (TPSA) is 72.4 Å². The second kappa shape index (κ2) is 11.3.